The molecule has 1 aliphatic rings. The van der Waals surface area contributed by atoms with Gasteiger partial charge >= 0.3 is 7.60 Å². The predicted octanol–water partition coefficient (Wildman–Crippen LogP) is 3.98. The van der Waals surface area contributed by atoms with Crippen LogP contribution in [-0.4, -0.2) is 27.9 Å². The molecule has 0 aromatic carbocycles. The zero-order chi connectivity index (χ0) is 13.2. The lowest BCUT2D eigenvalue weighted by Crippen LogP contribution is -2.44. The maximum Gasteiger partial charge on any atom is 0.360 e. The average molecular weight is 280 g/mol. The van der Waals surface area contributed by atoms with Crippen LogP contribution >= 0.6 is 7.60 Å². The van der Waals surface area contributed by atoms with Crippen molar-refractivity contribution in [2.45, 2.75) is 57.1 Å². The molecular weight excluding hydrogens is 255 g/mol. The highest BCUT2D eigenvalue weighted by molar-refractivity contribution is 7.55. The highest BCUT2D eigenvalue weighted by atomic mass is 31.2. The van der Waals surface area contributed by atoms with Gasteiger partial charge in [0, 0.05) is 14.2 Å². The van der Waals surface area contributed by atoms with Crippen molar-refractivity contribution in [3.05, 3.63) is 0 Å². The van der Waals surface area contributed by atoms with Gasteiger partial charge in [0.1, 0.15) is 0 Å². The van der Waals surface area contributed by atoms with Crippen LogP contribution in [0.5, 0.6) is 0 Å². The lowest BCUT2D eigenvalue weighted by molar-refractivity contribution is 0.0614. The van der Waals surface area contributed by atoms with Crippen LogP contribution in [-0.2, 0) is 18.0 Å². The molecule has 0 spiro atoms. The van der Waals surface area contributed by atoms with Crippen molar-refractivity contribution in [1.29, 1.82) is 0 Å². The molecule has 4 nitrogen and oxygen atoms in total. The third-order valence-electron chi connectivity index (χ3n) is 3.11. The molecule has 1 aliphatic carbocycles. The molecule has 102 valence electrons. The Morgan fingerprint density at radius 3 is 1.82 bits per heavy atom. The van der Waals surface area contributed by atoms with Gasteiger partial charge in [0.05, 0.1) is 0 Å². The van der Waals surface area contributed by atoms with Crippen LogP contribution in [0.2, 0.25) is 19.6 Å². The molecule has 0 aliphatic heterocycles. The maximum absolute atomic E-state index is 12.8. The molecule has 6 heteroatoms. The summed E-state index contributed by atoms with van der Waals surface area (Å²) >= 11 is 0. The first-order chi connectivity index (χ1) is 7.79. The Morgan fingerprint density at radius 2 is 1.47 bits per heavy atom. The second-order valence-electron chi connectivity index (χ2n) is 5.58. The standard InChI is InChI=1S/C11H25O4PSi/c1-13-16(12,14-2)11(15-17(3,4)5)9-7-6-8-10-11/h6-10H2,1-5H3. The second kappa shape index (κ2) is 5.53. The van der Waals surface area contributed by atoms with Crippen LogP contribution in [0.3, 0.4) is 0 Å². The van der Waals surface area contributed by atoms with Crippen molar-refractivity contribution < 1.29 is 18.0 Å². The maximum atomic E-state index is 12.8. The van der Waals surface area contributed by atoms with E-state index in [9.17, 15) is 4.57 Å². The van der Waals surface area contributed by atoms with Gasteiger partial charge in [-0.05, 0) is 45.3 Å². The van der Waals surface area contributed by atoms with Crippen molar-refractivity contribution >= 4 is 15.9 Å². The van der Waals surface area contributed by atoms with Gasteiger partial charge in [0.25, 0.3) is 0 Å². The van der Waals surface area contributed by atoms with Crippen LogP contribution in [0.4, 0.5) is 0 Å². The van der Waals surface area contributed by atoms with Gasteiger partial charge in [0.15, 0.2) is 13.7 Å². The van der Waals surface area contributed by atoms with E-state index in [1.54, 1.807) is 0 Å². The normalized spacial score (nSPS) is 21.5. The first kappa shape index (κ1) is 15.4. The van der Waals surface area contributed by atoms with Gasteiger partial charge in [-0.2, -0.15) is 0 Å². The fourth-order valence-electron chi connectivity index (χ4n) is 2.51. The average Bonchev–Trinajstić information content (AvgIpc) is 2.26. The van der Waals surface area contributed by atoms with E-state index in [4.69, 9.17) is 13.5 Å². The highest BCUT2D eigenvalue weighted by Crippen LogP contribution is 2.65. The fourth-order valence-corrected chi connectivity index (χ4v) is 6.80. The molecule has 0 unspecified atom stereocenters. The summed E-state index contributed by atoms with van der Waals surface area (Å²) in [4.78, 5) is 0. The molecule has 0 bridgehead atoms. The van der Waals surface area contributed by atoms with Crippen LogP contribution in [0.1, 0.15) is 32.1 Å². The molecule has 1 fully saturated rings. The van der Waals surface area contributed by atoms with Gasteiger partial charge < -0.3 is 13.5 Å². The molecule has 0 heterocycles. The van der Waals surface area contributed by atoms with E-state index in [2.05, 4.69) is 19.6 Å². The van der Waals surface area contributed by atoms with Crippen LogP contribution in [0.25, 0.3) is 0 Å². The Bertz CT molecular complexity index is 286. The third-order valence-corrected chi connectivity index (χ3v) is 6.78. The molecule has 1 rings (SSSR count). The van der Waals surface area contributed by atoms with Gasteiger partial charge in [-0.1, -0.05) is 6.42 Å². The molecule has 0 aromatic heterocycles. The summed E-state index contributed by atoms with van der Waals surface area (Å²) in [5.74, 6) is 0. The Labute approximate surface area is 106 Å². The fraction of sp³-hybridized carbons (Fsp3) is 1.00. The van der Waals surface area contributed by atoms with Gasteiger partial charge in [-0.25, -0.2) is 0 Å². The quantitative estimate of drug-likeness (QED) is 0.564. The van der Waals surface area contributed by atoms with E-state index < -0.39 is 21.3 Å². The van der Waals surface area contributed by atoms with Gasteiger partial charge in [-0.3, -0.25) is 4.57 Å². The van der Waals surface area contributed by atoms with Crippen LogP contribution < -0.4 is 0 Å². The number of rotatable bonds is 5. The number of hydrogen-bond acceptors (Lipinski definition) is 4. The zero-order valence-electron chi connectivity index (χ0n) is 11.6. The minimum Gasteiger partial charge on any atom is -0.401 e. The monoisotopic (exact) mass is 280 g/mol. The minimum atomic E-state index is -3.17. The summed E-state index contributed by atoms with van der Waals surface area (Å²) in [6.07, 6.45) is 4.78. The summed E-state index contributed by atoms with van der Waals surface area (Å²) in [6.45, 7) is 6.33. The molecule has 0 amide bonds. The SMILES string of the molecule is COP(=O)(OC)C1(O[Si](C)(C)C)CCCCC1. The molecule has 0 radical (unpaired) electrons. The summed E-state index contributed by atoms with van der Waals surface area (Å²) in [5, 5.41) is -0.709. The number of hydrogen-bond donors (Lipinski definition) is 0. The Kier molecular flexibility index (Phi) is 5.01. The van der Waals surface area contributed by atoms with Crippen molar-refractivity contribution in [1.82, 2.24) is 0 Å². The van der Waals surface area contributed by atoms with Crippen molar-refractivity contribution in [2.75, 3.05) is 14.2 Å². The smallest absolute Gasteiger partial charge is 0.360 e. The molecule has 17 heavy (non-hydrogen) atoms. The van der Waals surface area contributed by atoms with Crippen molar-refractivity contribution in [3.63, 3.8) is 0 Å². The van der Waals surface area contributed by atoms with Crippen LogP contribution in [0, 0.1) is 0 Å². The van der Waals surface area contributed by atoms with E-state index in [0.717, 1.165) is 25.7 Å². The first-order valence-corrected chi connectivity index (χ1v) is 11.2. The van der Waals surface area contributed by atoms with E-state index in [0.29, 0.717) is 0 Å². The molecular formula is C11H25O4PSi. The predicted molar refractivity (Wildman–Crippen MR) is 71.9 cm³/mol. The van der Waals surface area contributed by atoms with Crippen LogP contribution in [0.15, 0.2) is 0 Å². The molecule has 0 aromatic rings. The summed E-state index contributed by atoms with van der Waals surface area (Å²) in [7, 11) is -2.06. The molecule has 0 saturated heterocycles. The lowest BCUT2D eigenvalue weighted by Gasteiger charge is -2.44. The van der Waals surface area contributed by atoms with Gasteiger partial charge in [-0.15, -0.1) is 0 Å². The van der Waals surface area contributed by atoms with Gasteiger partial charge in [0.2, 0.25) is 0 Å². The Morgan fingerprint density at radius 1 is 1.00 bits per heavy atom. The third kappa shape index (κ3) is 3.41. The first-order valence-electron chi connectivity index (χ1n) is 6.20. The molecule has 1 saturated carbocycles. The largest absolute Gasteiger partial charge is 0.401 e. The van der Waals surface area contributed by atoms with Crippen molar-refractivity contribution in [2.24, 2.45) is 0 Å². The van der Waals surface area contributed by atoms with E-state index in [1.807, 2.05) is 0 Å². The van der Waals surface area contributed by atoms with E-state index in [1.165, 1.54) is 20.6 Å². The van der Waals surface area contributed by atoms with E-state index in [-0.39, 0.29) is 0 Å². The lowest BCUT2D eigenvalue weighted by atomic mass is 9.97. The second-order valence-corrected chi connectivity index (χ2v) is 12.6. The topological polar surface area (TPSA) is 44.8 Å². The molecule has 0 N–H and O–H groups in total. The van der Waals surface area contributed by atoms with E-state index >= 15 is 0 Å². The Hall–Kier alpha value is 0.327. The highest BCUT2D eigenvalue weighted by Gasteiger charge is 2.53. The summed E-state index contributed by atoms with van der Waals surface area (Å²) < 4.78 is 29.4. The summed E-state index contributed by atoms with van der Waals surface area (Å²) in [6, 6.07) is 0. The minimum absolute atomic E-state index is 0.709. The van der Waals surface area contributed by atoms with Crippen molar-refractivity contribution in [3.8, 4) is 0 Å². The Balaban J connectivity index is 3.05. The summed E-state index contributed by atoms with van der Waals surface area (Å²) in [5.41, 5.74) is 0. The molecule has 0 atom stereocenters. The zero-order valence-corrected chi connectivity index (χ0v) is 13.5.